The maximum atomic E-state index is 12.4. The molecule has 2 bridgehead atoms. The van der Waals surface area contributed by atoms with E-state index in [1.807, 2.05) is 11.9 Å². The number of aromatic amines is 1. The third kappa shape index (κ3) is 2.86. The van der Waals surface area contributed by atoms with Crippen LogP contribution in [-0.4, -0.2) is 57.6 Å². The maximum absolute atomic E-state index is 12.4. The molecule has 2 aliphatic heterocycles. The Bertz CT molecular complexity index is 703. The number of fused-ring (bicyclic) bond motifs is 3. The van der Waals surface area contributed by atoms with E-state index in [1.54, 1.807) is 6.33 Å². The highest BCUT2D eigenvalue weighted by atomic mass is 16.2. The molecule has 0 saturated carbocycles. The van der Waals surface area contributed by atoms with Gasteiger partial charge in [-0.15, -0.1) is 0 Å². The van der Waals surface area contributed by atoms with Crippen LogP contribution in [0.15, 0.2) is 12.7 Å². The minimum Gasteiger partial charge on any atom is -0.352 e. The number of anilines is 1. The first-order valence-electron chi connectivity index (χ1n) is 8.09. The average Bonchev–Trinajstić information content (AvgIpc) is 3.13. The maximum Gasteiger partial charge on any atom is 0.239 e. The zero-order valence-corrected chi connectivity index (χ0v) is 13.1. The Kier molecular flexibility index (Phi) is 3.60. The van der Waals surface area contributed by atoms with Gasteiger partial charge >= 0.3 is 0 Å². The van der Waals surface area contributed by atoms with Gasteiger partial charge in [0.25, 0.3) is 0 Å². The fourth-order valence-corrected chi connectivity index (χ4v) is 3.78. The van der Waals surface area contributed by atoms with E-state index in [2.05, 4.69) is 30.6 Å². The highest BCUT2D eigenvalue weighted by molar-refractivity contribution is 5.87. The Morgan fingerprint density at radius 3 is 2.87 bits per heavy atom. The Balaban J connectivity index is 1.39. The predicted molar refractivity (Wildman–Crippen MR) is 86.1 cm³/mol. The fourth-order valence-electron chi connectivity index (χ4n) is 3.78. The van der Waals surface area contributed by atoms with Gasteiger partial charge in [0.1, 0.15) is 11.8 Å². The van der Waals surface area contributed by atoms with Gasteiger partial charge in [0.2, 0.25) is 5.91 Å². The van der Waals surface area contributed by atoms with E-state index >= 15 is 0 Å². The van der Waals surface area contributed by atoms with Crippen molar-refractivity contribution in [3.8, 4) is 0 Å². The molecule has 2 fully saturated rings. The molecule has 0 aromatic carbocycles. The molecule has 8 heteroatoms. The fraction of sp³-hybridized carbons (Fsp3) is 0.600. The molecule has 4 heterocycles. The van der Waals surface area contributed by atoms with Crippen LogP contribution in [0.5, 0.6) is 0 Å². The van der Waals surface area contributed by atoms with Crippen LogP contribution in [0.2, 0.25) is 0 Å². The molecular formula is C15H21N7O. The van der Waals surface area contributed by atoms with Gasteiger partial charge in [-0.05, 0) is 25.7 Å². The summed E-state index contributed by atoms with van der Waals surface area (Å²) >= 11 is 0. The molecule has 2 saturated heterocycles. The van der Waals surface area contributed by atoms with Crippen molar-refractivity contribution in [1.82, 2.24) is 30.6 Å². The van der Waals surface area contributed by atoms with Crippen molar-refractivity contribution in [3.63, 3.8) is 0 Å². The van der Waals surface area contributed by atoms with Crippen LogP contribution in [0.3, 0.4) is 0 Å². The van der Waals surface area contributed by atoms with Gasteiger partial charge in [-0.25, -0.2) is 15.0 Å². The van der Waals surface area contributed by atoms with Gasteiger partial charge in [0.15, 0.2) is 11.5 Å². The van der Waals surface area contributed by atoms with E-state index in [1.165, 1.54) is 19.2 Å². The number of hydrogen-bond acceptors (Lipinski definition) is 6. The number of nitrogens with zero attached hydrogens (tertiary/aromatic N) is 4. The van der Waals surface area contributed by atoms with Crippen LogP contribution in [0, 0.1) is 0 Å². The second-order valence-electron chi connectivity index (χ2n) is 6.53. The normalized spacial score (nSPS) is 26.4. The Hall–Kier alpha value is -2.22. The lowest BCUT2D eigenvalue weighted by Crippen LogP contribution is -2.49. The molecule has 0 aliphatic carbocycles. The summed E-state index contributed by atoms with van der Waals surface area (Å²) in [6.45, 7) is 0.268. The van der Waals surface area contributed by atoms with Crippen molar-refractivity contribution in [2.45, 2.75) is 43.8 Å². The monoisotopic (exact) mass is 315 g/mol. The summed E-state index contributed by atoms with van der Waals surface area (Å²) in [7, 11) is 1.86. The molecule has 0 radical (unpaired) electrons. The van der Waals surface area contributed by atoms with E-state index in [4.69, 9.17) is 0 Å². The summed E-state index contributed by atoms with van der Waals surface area (Å²) in [5.74, 6) is 0.720. The van der Waals surface area contributed by atoms with E-state index in [-0.39, 0.29) is 18.5 Å². The molecule has 0 spiro atoms. The lowest BCUT2D eigenvalue weighted by molar-refractivity contribution is -0.120. The number of carbonyl (C=O) groups is 1. The molecule has 23 heavy (non-hydrogen) atoms. The number of hydrogen-bond donors (Lipinski definition) is 3. The van der Waals surface area contributed by atoms with Gasteiger partial charge in [-0.3, -0.25) is 4.79 Å². The lowest BCUT2D eigenvalue weighted by Gasteiger charge is -2.30. The molecule has 1 amide bonds. The summed E-state index contributed by atoms with van der Waals surface area (Å²) in [4.78, 5) is 29.7. The van der Waals surface area contributed by atoms with E-state index in [9.17, 15) is 4.79 Å². The quantitative estimate of drug-likeness (QED) is 0.745. The van der Waals surface area contributed by atoms with Crippen LogP contribution in [0.1, 0.15) is 25.7 Å². The van der Waals surface area contributed by atoms with Gasteiger partial charge in [-0.1, -0.05) is 0 Å². The standard InChI is InChI=1S/C15H21N7O/c1-22(15-13-14(17-7-16-13)18-8-19-15)6-12(23)21-11-4-9-2-3-10(5-11)20-9/h7-11,20H,2-6H2,1H3,(H,21,23)(H,16,17,18,19). The molecule has 2 atom stereocenters. The molecule has 2 aromatic heterocycles. The molecule has 2 unspecified atom stereocenters. The molecule has 2 aromatic rings. The van der Waals surface area contributed by atoms with Gasteiger partial charge in [0, 0.05) is 25.2 Å². The molecule has 8 nitrogen and oxygen atoms in total. The number of amides is 1. The molecular weight excluding hydrogens is 294 g/mol. The number of likely N-dealkylation sites (N-methyl/N-ethyl adjacent to an activating group) is 1. The van der Waals surface area contributed by atoms with Crippen molar-refractivity contribution in [2.24, 2.45) is 0 Å². The van der Waals surface area contributed by atoms with Gasteiger partial charge < -0.3 is 20.5 Å². The van der Waals surface area contributed by atoms with Crippen LogP contribution in [-0.2, 0) is 4.79 Å². The SMILES string of the molecule is CN(CC(=O)NC1CC2CCC(C1)N2)c1ncnc2nc[nH]c12. The minimum atomic E-state index is 0.0325. The van der Waals surface area contributed by atoms with E-state index in [0.717, 1.165) is 18.4 Å². The topological polar surface area (TPSA) is 98.8 Å². The predicted octanol–water partition coefficient (Wildman–Crippen LogP) is 0.188. The van der Waals surface area contributed by atoms with Crippen molar-refractivity contribution in [3.05, 3.63) is 12.7 Å². The summed E-state index contributed by atoms with van der Waals surface area (Å²) in [5.41, 5.74) is 1.36. The van der Waals surface area contributed by atoms with Gasteiger partial charge in [0.05, 0.1) is 12.9 Å². The average molecular weight is 315 g/mol. The summed E-state index contributed by atoms with van der Waals surface area (Å²) in [5, 5.41) is 6.76. The number of aromatic nitrogens is 4. The minimum absolute atomic E-state index is 0.0325. The van der Waals surface area contributed by atoms with Gasteiger partial charge in [-0.2, -0.15) is 0 Å². The van der Waals surface area contributed by atoms with Crippen molar-refractivity contribution >= 4 is 22.9 Å². The number of H-pyrrole nitrogens is 1. The Morgan fingerprint density at radius 1 is 1.30 bits per heavy atom. The van der Waals surface area contributed by atoms with E-state index in [0.29, 0.717) is 23.5 Å². The number of piperidine rings is 1. The third-order valence-electron chi connectivity index (χ3n) is 4.78. The largest absolute Gasteiger partial charge is 0.352 e. The van der Waals surface area contributed by atoms with E-state index < -0.39 is 0 Å². The number of rotatable bonds is 4. The van der Waals surface area contributed by atoms with Crippen molar-refractivity contribution in [2.75, 3.05) is 18.5 Å². The molecule has 3 N–H and O–H groups in total. The first-order chi connectivity index (χ1) is 11.2. The summed E-state index contributed by atoms with van der Waals surface area (Å²) < 4.78 is 0. The summed E-state index contributed by atoms with van der Waals surface area (Å²) in [6, 6.07) is 1.43. The van der Waals surface area contributed by atoms with Crippen LogP contribution in [0.4, 0.5) is 5.82 Å². The van der Waals surface area contributed by atoms with Crippen molar-refractivity contribution < 1.29 is 4.79 Å². The molecule has 2 aliphatic rings. The molecule has 122 valence electrons. The Labute approximate surface area is 134 Å². The Morgan fingerprint density at radius 2 is 2.09 bits per heavy atom. The second kappa shape index (κ2) is 5.77. The zero-order valence-electron chi connectivity index (χ0n) is 13.1. The number of carbonyl (C=O) groups excluding carboxylic acids is 1. The van der Waals surface area contributed by atoms with Crippen LogP contribution in [0.25, 0.3) is 11.2 Å². The van der Waals surface area contributed by atoms with Crippen LogP contribution < -0.4 is 15.5 Å². The first kappa shape index (κ1) is 14.4. The smallest absolute Gasteiger partial charge is 0.239 e. The molecule has 4 rings (SSSR count). The zero-order chi connectivity index (χ0) is 15.8. The highest BCUT2D eigenvalue weighted by Gasteiger charge is 2.34. The summed E-state index contributed by atoms with van der Waals surface area (Å²) in [6.07, 6.45) is 7.58. The number of nitrogens with one attached hydrogen (secondary N) is 3. The third-order valence-corrected chi connectivity index (χ3v) is 4.78. The number of imidazole rings is 1. The highest BCUT2D eigenvalue weighted by Crippen LogP contribution is 2.26. The van der Waals surface area contributed by atoms with Crippen molar-refractivity contribution in [1.29, 1.82) is 0 Å². The first-order valence-corrected chi connectivity index (χ1v) is 8.09. The second-order valence-corrected chi connectivity index (χ2v) is 6.53. The lowest BCUT2D eigenvalue weighted by atomic mass is 10.00. The van der Waals surface area contributed by atoms with Crippen LogP contribution >= 0.6 is 0 Å².